The van der Waals surface area contributed by atoms with E-state index < -0.39 is 5.54 Å². The summed E-state index contributed by atoms with van der Waals surface area (Å²) in [5.74, 6) is 1.33. The summed E-state index contributed by atoms with van der Waals surface area (Å²) in [5.41, 5.74) is -0.435. The number of rotatable bonds is 3. The molecule has 1 aromatic heterocycles. The van der Waals surface area contributed by atoms with Crippen LogP contribution in [0, 0.1) is 5.41 Å². The van der Waals surface area contributed by atoms with Crippen molar-refractivity contribution in [2.24, 2.45) is 5.41 Å². The molecule has 1 aromatic rings. The molecular formula is C17H27N5O3. The molecule has 2 N–H and O–H groups in total. The molecule has 0 saturated carbocycles. The molecule has 2 fully saturated rings. The smallest absolute Gasteiger partial charge is 0.321 e. The van der Waals surface area contributed by atoms with Crippen molar-refractivity contribution in [1.82, 2.24) is 20.6 Å². The van der Waals surface area contributed by atoms with Gasteiger partial charge in [-0.3, -0.25) is 4.79 Å². The molecule has 0 aliphatic carbocycles. The normalized spacial score (nSPS) is 22.2. The highest BCUT2D eigenvalue weighted by atomic mass is 16.5. The van der Waals surface area contributed by atoms with Gasteiger partial charge in [-0.05, 0) is 18.3 Å². The lowest BCUT2D eigenvalue weighted by atomic mass is 9.86. The van der Waals surface area contributed by atoms with E-state index in [9.17, 15) is 4.79 Å². The van der Waals surface area contributed by atoms with E-state index in [0.29, 0.717) is 12.4 Å². The van der Waals surface area contributed by atoms with Crippen LogP contribution in [0.3, 0.4) is 0 Å². The Kier molecular flexibility index (Phi) is 4.73. The summed E-state index contributed by atoms with van der Waals surface area (Å²) in [7, 11) is 3.10. The average Bonchev–Trinajstić information content (AvgIpc) is 2.74. The van der Waals surface area contributed by atoms with Gasteiger partial charge in [-0.1, -0.05) is 13.8 Å². The lowest BCUT2D eigenvalue weighted by molar-refractivity contribution is -0.127. The molecule has 138 valence electrons. The minimum absolute atomic E-state index is 0.0592. The number of amides is 1. The van der Waals surface area contributed by atoms with Crippen molar-refractivity contribution < 1.29 is 14.3 Å². The number of nitrogens with zero attached hydrogens (tertiary/aromatic N) is 3. The predicted molar refractivity (Wildman–Crippen MR) is 94.1 cm³/mol. The zero-order chi connectivity index (χ0) is 18.1. The van der Waals surface area contributed by atoms with Gasteiger partial charge in [0.2, 0.25) is 11.8 Å². The first kappa shape index (κ1) is 17.7. The van der Waals surface area contributed by atoms with Gasteiger partial charge in [0.1, 0.15) is 11.4 Å². The zero-order valence-corrected chi connectivity index (χ0v) is 15.4. The van der Waals surface area contributed by atoms with Crippen LogP contribution in [0.2, 0.25) is 0 Å². The second-order valence-corrected chi connectivity index (χ2v) is 7.52. The topological polar surface area (TPSA) is 88.6 Å². The van der Waals surface area contributed by atoms with Crippen LogP contribution in [0.15, 0.2) is 6.07 Å². The Labute approximate surface area is 148 Å². The maximum atomic E-state index is 12.7. The number of hydrogen-bond acceptors (Lipinski definition) is 7. The largest absolute Gasteiger partial charge is 0.481 e. The van der Waals surface area contributed by atoms with Gasteiger partial charge in [-0.2, -0.15) is 9.97 Å². The monoisotopic (exact) mass is 349 g/mol. The van der Waals surface area contributed by atoms with Crippen LogP contribution in [0.4, 0.5) is 5.82 Å². The number of carbonyl (C=O) groups is 1. The molecule has 1 spiro atoms. The maximum Gasteiger partial charge on any atom is 0.321 e. The molecule has 2 aliphatic rings. The molecule has 25 heavy (non-hydrogen) atoms. The van der Waals surface area contributed by atoms with Crippen LogP contribution >= 0.6 is 0 Å². The fraction of sp³-hybridized carbons (Fsp3) is 0.706. The minimum Gasteiger partial charge on any atom is -0.481 e. The van der Waals surface area contributed by atoms with E-state index in [1.165, 1.54) is 7.11 Å². The van der Waals surface area contributed by atoms with E-state index in [4.69, 9.17) is 9.47 Å². The summed E-state index contributed by atoms with van der Waals surface area (Å²) in [6.45, 7) is 7.29. The number of carbonyl (C=O) groups excluding carboxylic acids is 1. The van der Waals surface area contributed by atoms with Gasteiger partial charge in [0.25, 0.3) is 0 Å². The first-order chi connectivity index (χ1) is 11.9. The van der Waals surface area contributed by atoms with Gasteiger partial charge in [-0.25, -0.2) is 0 Å². The number of ether oxygens (including phenoxy) is 2. The molecule has 8 nitrogen and oxygen atoms in total. The second kappa shape index (κ2) is 6.67. The summed E-state index contributed by atoms with van der Waals surface area (Å²) in [6, 6.07) is 2.08. The third-order valence-electron chi connectivity index (χ3n) is 5.07. The fourth-order valence-corrected chi connectivity index (χ4v) is 3.31. The molecule has 1 amide bonds. The molecular weight excluding hydrogens is 322 g/mol. The lowest BCUT2D eigenvalue weighted by Crippen LogP contribution is -2.60. The van der Waals surface area contributed by atoms with E-state index in [1.807, 2.05) is 0 Å². The number of anilines is 1. The van der Waals surface area contributed by atoms with E-state index in [0.717, 1.165) is 38.3 Å². The summed E-state index contributed by atoms with van der Waals surface area (Å²) in [4.78, 5) is 23.3. The number of nitrogens with one attached hydrogen (secondary N) is 2. The molecule has 0 aromatic carbocycles. The van der Waals surface area contributed by atoms with Crippen LogP contribution in [-0.2, 0) is 4.79 Å². The van der Waals surface area contributed by atoms with E-state index in [-0.39, 0.29) is 17.3 Å². The summed E-state index contributed by atoms with van der Waals surface area (Å²) in [5, 5.41) is 6.63. The third-order valence-corrected chi connectivity index (χ3v) is 5.07. The molecule has 0 radical (unpaired) electrons. The van der Waals surface area contributed by atoms with Crippen molar-refractivity contribution in [2.75, 3.05) is 45.3 Å². The van der Waals surface area contributed by atoms with E-state index in [2.05, 4.69) is 39.3 Å². The van der Waals surface area contributed by atoms with Crippen molar-refractivity contribution in [3.8, 4) is 11.9 Å². The first-order valence-corrected chi connectivity index (χ1v) is 8.63. The highest BCUT2D eigenvalue weighted by molar-refractivity contribution is 5.87. The van der Waals surface area contributed by atoms with Gasteiger partial charge in [0, 0.05) is 32.2 Å². The molecule has 8 heteroatoms. The summed E-state index contributed by atoms with van der Waals surface area (Å²) < 4.78 is 10.4. The van der Waals surface area contributed by atoms with Crippen LogP contribution in [0.25, 0.3) is 0 Å². The Morgan fingerprint density at radius 1 is 1.12 bits per heavy atom. The number of piperidine rings is 1. The summed E-state index contributed by atoms with van der Waals surface area (Å²) in [6.07, 6.45) is 1.45. The van der Waals surface area contributed by atoms with Crippen molar-refractivity contribution in [3.05, 3.63) is 6.07 Å². The lowest BCUT2D eigenvalue weighted by Gasteiger charge is -2.41. The summed E-state index contributed by atoms with van der Waals surface area (Å²) >= 11 is 0. The molecule has 0 atom stereocenters. The fourth-order valence-electron chi connectivity index (χ4n) is 3.31. The molecule has 2 aliphatic heterocycles. The van der Waals surface area contributed by atoms with Gasteiger partial charge < -0.3 is 25.0 Å². The Hall–Kier alpha value is -2.09. The number of methoxy groups -OCH3 is 2. The zero-order valence-electron chi connectivity index (χ0n) is 15.4. The molecule has 0 unspecified atom stereocenters. The minimum atomic E-state index is -0.495. The van der Waals surface area contributed by atoms with Crippen molar-refractivity contribution >= 4 is 11.7 Å². The first-order valence-electron chi connectivity index (χ1n) is 8.63. The molecule has 3 rings (SSSR count). The van der Waals surface area contributed by atoms with Gasteiger partial charge >= 0.3 is 6.01 Å². The second-order valence-electron chi connectivity index (χ2n) is 7.52. The molecule has 2 saturated heterocycles. The van der Waals surface area contributed by atoms with Crippen LogP contribution < -0.4 is 25.0 Å². The van der Waals surface area contributed by atoms with Gasteiger partial charge in [0.15, 0.2) is 0 Å². The number of aromatic nitrogens is 2. The Bertz CT molecular complexity index is 619. The maximum absolute atomic E-state index is 12.7. The Morgan fingerprint density at radius 2 is 1.84 bits per heavy atom. The highest BCUT2D eigenvalue weighted by Gasteiger charge is 2.44. The molecule has 0 bridgehead atoms. The van der Waals surface area contributed by atoms with Gasteiger partial charge in [-0.15, -0.1) is 0 Å². The van der Waals surface area contributed by atoms with Crippen molar-refractivity contribution in [1.29, 1.82) is 0 Å². The molecule has 3 heterocycles. The Balaban J connectivity index is 1.74. The quantitative estimate of drug-likeness (QED) is 0.825. The van der Waals surface area contributed by atoms with Crippen LogP contribution in [0.1, 0.15) is 26.7 Å². The van der Waals surface area contributed by atoms with Crippen molar-refractivity contribution in [3.63, 3.8) is 0 Å². The predicted octanol–water partition coefficient (Wildman–Crippen LogP) is 0.578. The van der Waals surface area contributed by atoms with E-state index in [1.54, 1.807) is 13.2 Å². The third kappa shape index (κ3) is 3.63. The standard InChI is InChI=1S/C17H27N5O3/c1-16(2)10-18-14(23)17(19-11-16)5-7-22(8-6-17)12-9-13(24-3)21-15(20-12)25-4/h9,19H,5-8,10-11H2,1-4H3,(H,18,23). The SMILES string of the molecule is COc1cc(N2CCC3(CC2)NCC(C)(C)CNC3=O)nc(OC)n1. The van der Waals surface area contributed by atoms with Crippen LogP contribution in [0.5, 0.6) is 11.9 Å². The number of hydrogen-bond donors (Lipinski definition) is 2. The Morgan fingerprint density at radius 3 is 2.48 bits per heavy atom. The highest BCUT2D eigenvalue weighted by Crippen LogP contribution is 2.30. The van der Waals surface area contributed by atoms with E-state index >= 15 is 0 Å². The van der Waals surface area contributed by atoms with Gasteiger partial charge in [0.05, 0.1) is 14.2 Å². The van der Waals surface area contributed by atoms with Crippen LogP contribution in [-0.4, -0.2) is 61.8 Å². The average molecular weight is 349 g/mol. The van der Waals surface area contributed by atoms with Crippen molar-refractivity contribution in [2.45, 2.75) is 32.2 Å².